The van der Waals surface area contributed by atoms with Crippen molar-refractivity contribution in [2.24, 2.45) is 15.9 Å². The smallest absolute Gasteiger partial charge is 0.342 e. The fraction of sp³-hybridized carbons (Fsp3) is 0.300. The van der Waals surface area contributed by atoms with Crippen molar-refractivity contribution in [3.63, 3.8) is 0 Å². The number of carboxylic acid groups (broad SMARTS) is 2. The summed E-state index contributed by atoms with van der Waals surface area (Å²) < 4.78 is 26.8. The molecule has 0 radical (unpaired) electrons. The van der Waals surface area contributed by atoms with Gasteiger partial charge in [-0.15, -0.1) is 0 Å². The van der Waals surface area contributed by atoms with Crippen molar-refractivity contribution in [1.82, 2.24) is 4.72 Å². The molecule has 0 saturated heterocycles. The molecular weight excluding hydrogens is 520 g/mol. The molecule has 4 N–H and O–H groups in total. The minimum Gasteiger partial charge on any atom is -0.481 e. The molecule has 0 fully saturated rings. The zero-order valence-electron chi connectivity index (χ0n) is 18.2. The summed E-state index contributed by atoms with van der Waals surface area (Å²) in [5.41, 5.74) is 0.725. The fourth-order valence-electron chi connectivity index (χ4n) is 3.07. The average molecular weight is 541 g/mol. The van der Waals surface area contributed by atoms with Crippen LogP contribution in [0.15, 0.2) is 49.6 Å². The molecule has 0 aliphatic carbocycles. The highest BCUT2D eigenvalue weighted by Crippen LogP contribution is 2.41. The monoisotopic (exact) mass is 540 g/mol. The molecule has 186 valence electrons. The van der Waals surface area contributed by atoms with Gasteiger partial charge in [-0.05, 0) is 43.2 Å². The third-order valence-corrected chi connectivity index (χ3v) is 8.30. The van der Waals surface area contributed by atoms with E-state index in [1.54, 1.807) is 6.92 Å². The van der Waals surface area contributed by atoms with E-state index in [2.05, 4.69) is 20.0 Å². The molecule has 35 heavy (non-hydrogen) atoms. The van der Waals surface area contributed by atoms with Crippen LogP contribution in [0.3, 0.4) is 0 Å². The van der Waals surface area contributed by atoms with Crippen molar-refractivity contribution < 1.29 is 37.8 Å². The van der Waals surface area contributed by atoms with Crippen LogP contribution >= 0.6 is 23.5 Å². The Balaban J connectivity index is 1.52. The maximum absolute atomic E-state index is 12.3. The number of amidine groups is 1. The van der Waals surface area contributed by atoms with E-state index in [4.69, 9.17) is 5.11 Å². The summed E-state index contributed by atoms with van der Waals surface area (Å²) in [5, 5.41) is 20.8. The van der Waals surface area contributed by atoms with Gasteiger partial charge in [0.05, 0.1) is 20.6 Å². The Bertz CT molecular complexity index is 1270. The highest BCUT2D eigenvalue weighted by Gasteiger charge is 2.40. The average Bonchev–Trinajstić information content (AvgIpc) is 3.13. The van der Waals surface area contributed by atoms with Crippen LogP contribution in [-0.4, -0.2) is 64.9 Å². The number of amides is 2. The topological polar surface area (TPSA) is 192 Å². The number of thioether (sulfide) groups is 2. The van der Waals surface area contributed by atoms with Gasteiger partial charge in [-0.25, -0.2) is 22.9 Å². The van der Waals surface area contributed by atoms with E-state index in [9.17, 15) is 32.7 Å². The number of hydrogen-bond donors (Lipinski definition) is 4. The second-order valence-corrected chi connectivity index (χ2v) is 11.0. The molecule has 2 aliphatic rings. The second kappa shape index (κ2) is 11.2. The number of aliphatic carboxylic acids is 2. The van der Waals surface area contributed by atoms with Crippen LogP contribution in [-0.2, 0) is 29.2 Å². The highest BCUT2D eigenvalue weighted by atomic mass is 32.2. The Morgan fingerprint density at radius 2 is 1.83 bits per heavy atom. The number of sulfonamides is 1. The van der Waals surface area contributed by atoms with Crippen molar-refractivity contribution in [2.75, 3.05) is 17.6 Å². The van der Waals surface area contributed by atoms with E-state index < -0.39 is 39.7 Å². The predicted octanol–water partition coefficient (Wildman–Crippen LogP) is 1.52. The van der Waals surface area contributed by atoms with Gasteiger partial charge < -0.3 is 15.5 Å². The fourth-order valence-corrected chi connectivity index (χ4v) is 5.95. The molecule has 2 amide bonds. The Labute approximate surface area is 208 Å². The minimum absolute atomic E-state index is 0.0204. The van der Waals surface area contributed by atoms with Crippen LogP contribution in [0.5, 0.6) is 0 Å². The first-order chi connectivity index (χ1) is 16.5. The summed E-state index contributed by atoms with van der Waals surface area (Å²) in [5.74, 6) is -4.08. The SMILES string of the molecule is CC1=C(C(=O)O)SC2=NC(SCC(=O)Nc3ccc(S(=O)(=O)NCCCC(=O)O)cc3)=NC(=O)C21. The number of fused-ring (bicyclic) bond motifs is 1. The number of carbonyl (C=O) groups is 4. The van der Waals surface area contributed by atoms with Crippen LogP contribution in [0.1, 0.15) is 19.8 Å². The number of carbonyl (C=O) groups excluding carboxylic acids is 2. The Hall–Kier alpha value is -3.01. The lowest BCUT2D eigenvalue weighted by atomic mass is 10.0. The molecule has 12 nitrogen and oxygen atoms in total. The maximum Gasteiger partial charge on any atom is 0.342 e. The summed E-state index contributed by atoms with van der Waals surface area (Å²) in [4.78, 5) is 54.5. The molecule has 2 heterocycles. The van der Waals surface area contributed by atoms with E-state index in [1.165, 1.54) is 24.3 Å². The Morgan fingerprint density at radius 1 is 1.14 bits per heavy atom. The van der Waals surface area contributed by atoms with Gasteiger partial charge in [0, 0.05) is 18.7 Å². The van der Waals surface area contributed by atoms with E-state index in [1.807, 2.05) is 0 Å². The van der Waals surface area contributed by atoms with Gasteiger partial charge in [-0.1, -0.05) is 23.5 Å². The molecule has 3 rings (SSSR count). The lowest BCUT2D eigenvalue weighted by molar-refractivity contribution is -0.137. The van der Waals surface area contributed by atoms with Gasteiger partial charge in [0.25, 0.3) is 5.91 Å². The molecule has 1 unspecified atom stereocenters. The van der Waals surface area contributed by atoms with Crippen LogP contribution < -0.4 is 10.0 Å². The Kier molecular flexibility index (Phi) is 8.47. The zero-order chi connectivity index (χ0) is 25.8. The van der Waals surface area contributed by atoms with Crippen LogP contribution in [0.25, 0.3) is 0 Å². The molecule has 2 aliphatic heterocycles. The molecule has 1 aromatic rings. The summed E-state index contributed by atoms with van der Waals surface area (Å²) in [6, 6.07) is 5.39. The van der Waals surface area contributed by atoms with Crippen LogP contribution in [0.4, 0.5) is 5.69 Å². The Morgan fingerprint density at radius 3 is 2.46 bits per heavy atom. The molecule has 1 atom stereocenters. The van der Waals surface area contributed by atoms with Crippen LogP contribution in [0, 0.1) is 5.92 Å². The maximum atomic E-state index is 12.3. The third-order valence-electron chi connectivity index (χ3n) is 4.74. The predicted molar refractivity (Wildman–Crippen MR) is 131 cm³/mol. The zero-order valence-corrected chi connectivity index (χ0v) is 20.6. The summed E-state index contributed by atoms with van der Waals surface area (Å²) in [6.07, 6.45) is -0.00296. The number of nitrogens with one attached hydrogen (secondary N) is 2. The number of nitrogens with zero attached hydrogens (tertiary/aromatic N) is 2. The quantitative estimate of drug-likeness (QED) is 0.316. The molecule has 0 aromatic heterocycles. The molecule has 0 bridgehead atoms. The van der Waals surface area contributed by atoms with E-state index >= 15 is 0 Å². The molecule has 0 saturated carbocycles. The van der Waals surface area contributed by atoms with Gasteiger partial charge >= 0.3 is 11.9 Å². The van der Waals surface area contributed by atoms with Crippen molar-refractivity contribution in [2.45, 2.75) is 24.7 Å². The number of aliphatic imine (C=N–C) groups is 2. The van der Waals surface area contributed by atoms with Crippen molar-refractivity contribution in [1.29, 1.82) is 0 Å². The number of rotatable bonds is 10. The minimum atomic E-state index is -3.82. The van der Waals surface area contributed by atoms with E-state index in [0.717, 1.165) is 23.5 Å². The molecule has 1 aromatic carbocycles. The third kappa shape index (κ3) is 6.78. The standard InChI is InChI=1S/C20H20N4O8S3/c1-10-15-17(28)23-20(24-18(15)34-16(10)19(29)30)33-9-13(25)22-11-4-6-12(7-5-11)35(31,32)21-8-2-3-14(26)27/h4-7,15,21H,2-3,8-9H2,1H3,(H,22,25)(H,26,27)(H,29,30). The number of hydrogen-bond acceptors (Lipinski definition) is 9. The van der Waals surface area contributed by atoms with Crippen molar-refractivity contribution in [3.05, 3.63) is 34.7 Å². The number of benzene rings is 1. The van der Waals surface area contributed by atoms with E-state index in [0.29, 0.717) is 16.3 Å². The molecule has 15 heteroatoms. The van der Waals surface area contributed by atoms with Crippen LogP contribution in [0.2, 0.25) is 0 Å². The number of carboxylic acids is 2. The van der Waals surface area contributed by atoms with Gasteiger partial charge in [0.15, 0.2) is 5.17 Å². The van der Waals surface area contributed by atoms with Gasteiger partial charge in [0.1, 0.15) is 5.92 Å². The lowest BCUT2D eigenvalue weighted by Gasteiger charge is -2.14. The normalized spacial score (nSPS) is 17.5. The first kappa shape index (κ1) is 26.6. The van der Waals surface area contributed by atoms with Crippen molar-refractivity contribution >= 4 is 73.2 Å². The summed E-state index contributed by atoms with van der Waals surface area (Å²) >= 11 is 1.81. The lowest BCUT2D eigenvalue weighted by Crippen LogP contribution is -2.25. The molecule has 0 spiro atoms. The number of anilines is 1. The first-order valence-electron chi connectivity index (χ1n) is 10.0. The first-order valence-corrected chi connectivity index (χ1v) is 13.3. The highest BCUT2D eigenvalue weighted by molar-refractivity contribution is 8.19. The summed E-state index contributed by atoms with van der Waals surface area (Å²) in [7, 11) is -3.82. The van der Waals surface area contributed by atoms with Gasteiger partial charge in [-0.2, -0.15) is 4.99 Å². The van der Waals surface area contributed by atoms with Gasteiger partial charge in [-0.3, -0.25) is 14.4 Å². The van der Waals surface area contributed by atoms with E-state index in [-0.39, 0.29) is 40.1 Å². The van der Waals surface area contributed by atoms with Gasteiger partial charge in [0.2, 0.25) is 15.9 Å². The summed E-state index contributed by atoms with van der Waals surface area (Å²) in [6.45, 7) is 1.53. The largest absolute Gasteiger partial charge is 0.481 e. The second-order valence-electron chi connectivity index (χ2n) is 7.29. The molecular formula is C20H20N4O8S3. The van der Waals surface area contributed by atoms with Crippen molar-refractivity contribution in [3.8, 4) is 0 Å².